The second kappa shape index (κ2) is 4.71. The van der Waals surface area contributed by atoms with E-state index in [-0.39, 0.29) is 0 Å². The van der Waals surface area contributed by atoms with E-state index in [4.69, 9.17) is 4.74 Å². The van der Waals surface area contributed by atoms with Crippen LogP contribution in [0.2, 0.25) is 0 Å². The predicted octanol–water partition coefficient (Wildman–Crippen LogP) is 4.43. The van der Waals surface area contributed by atoms with Crippen molar-refractivity contribution in [2.45, 2.75) is 6.92 Å². The molecule has 0 bridgehead atoms. The third-order valence-corrected chi connectivity index (χ3v) is 2.98. The van der Waals surface area contributed by atoms with Crippen molar-refractivity contribution in [1.29, 1.82) is 0 Å². The van der Waals surface area contributed by atoms with Gasteiger partial charge in [0.05, 0.1) is 7.11 Å². The van der Waals surface area contributed by atoms with Gasteiger partial charge < -0.3 is 4.74 Å². The highest BCUT2D eigenvalue weighted by molar-refractivity contribution is 9.10. The molecule has 0 N–H and O–H groups in total. The number of rotatable bonds is 2. The van der Waals surface area contributed by atoms with Crippen molar-refractivity contribution in [3.8, 4) is 16.9 Å². The fourth-order valence-corrected chi connectivity index (χ4v) is 2.08. The van der Waals surface area contributed by atoms with Crippen molar-refractivity contribution in [3.63, 3.8) is 0 Å². The van der Waals surface area contributed by atoms with Crippen molar-refractivity contribution in [1.82, 2.24) is 0 Å². The predicted molar refractivity (Wildman–Crippen MR) is 70.9 cm³/mol. The summed E-state index contributed by atoms with van der Waals surface area (Å²) in [5.41, 5.74) is 3.54. The third-order valence-electron chi connectivity index (χ3n) is 2.49. The van der Waals surface area contributed by atoms with Crippen LogP contribution in [0.1, 0.15) is 5.56 Å². The first-order valence-corrected chi connectivity index (χ1v) is 5.90. The minimum absolute atomic E-state index is 0.897. The Morgan fingerprint density at radius 3 is 2.56 bits per heavy atom. The van der Waals surface area contributed by atoms with E-state index < -0.39 is 0 Å². The number of benzene rings is 2. The van der Waals surface area contributed by atoms with Gasteiger partial charge in [-0.05, 0) is 30.7 Å². The molecule has 2 rings (SSSR count). The van der Waals surface area contributed by atoms with Gasteiger partial charge in [-0.3, -0.25) is 0 Å². The molecule has 0 unspecified atom stereocenters. The van der Waals surface area contributed by atoms with Crippen LogP contribution in [0, 0.1) is 6.92 Å². The molecule has 0 amide bonds. The fourth-order valence-electron chi connectivity index (χ4n) is 1.72. The van der Waals surface area contributed by atoms with Gasteiger partial charge in [0.1, 0.15) is 5.75 Å². The molecule has 2 heteroatoms. The van der Waals surface area contributed by atoms with E-state index in [9.17, 15) is 0 Å². The molecule has 0 spiro atoms. The molecule has 0 aliphatic rings. The number of methoxy groups -OCH3 is 1. The topological polar surface area (TPSA) is 9.23 Å². The van der Waals surface area contributed by atoms with Crippen molar-refractivity contribution in [2.24, 2.45) is 0 Å². The third kappa shape index (κ3) is 2.27. The molecular weight excluding hydrogens is 264 g/mol. The molecule has 0 saturated carbocycles. The largest absolute Gasteiger partial charge is 0.496 e. The first kappa shape index (κ1) is 11.2. The fraction of sp³-hybridized carbons (Fsp3) is 0.143. The molecule has 0 fully saturated rings. The maximum atomic E-state index is 5.37. The summed E-state index contributed by atoms with van der Waals surface area (Å²) < 4.78 is 6.43. The molecular formula is C14H13BrO. The number of ether oxygens (including phenoxy) is 1. The van der Waals surface area contributed by atoms with Crippen LogP contribution in [-0.4, -0.2) is 7.11 Å². The van der Waals surface area contributed by atoms with Crippen LogP contribution >= 0.6 is 15.9 Å². The lowest BCUT2D eigenvalue weighted by atomic mass is 10.0. The number of aryl methyl sites for hydroxylation is 1. The molecule has 2 aromatic carbocycles. The zero-order valence-corrected chi connectivity index (χ0v) is 10.9. The smallest absolute Gasteiger partial charge is 0.126 e. The van der Waals surface area contributed by atoms with Gasteiger partial charge in [0.2, 0.25) is 0 Å². The van der Waals surface area contributed by atoms with Gasteiger partial charge in [-0.2, -0.15) is 0 Å². The second-order valence-electron chi connectivity index (χ2n) is 3.71. The Morgan fingerprint density at radius 1 is 1.06 bits per heavy atom. The van der Waals surface area contributed by atoms with Gasteiger partial charge >= 0.3 is 0 Å². The van der Waals surface area contributed by atoms with Crippen LogP contribution in [0.4, 0.5) is 0 Å². The van der Waals surface area contributed by atoms with Crippen molar-refractivity contribution < 1.29 is 4.74 Å². The Bertz CT molecular complexity index is 506. The van der Waals surface area contributed by atoms with Crippen LogP contribution in [-0.2, 0) is 0 Å². The molecule has 0 radical (unpaired) electrons. The van der Waals surface area contributed by atoms with Crippen LogP contribution in [0.3, 0.4) is 0 Å². The van der Waals surface area contributed by atoms with Gasteiger partial charge in [-0.1, -0.05) is 45.8 Å². The average Bonchev–Trinajstić information content (AvgIpc) is 2.29. The summed E-state index contributed by atoms with van der Waals surface area (Å²) in [7, 11) is 1.70. The lowest BCUT2D eigenvalue weighted by molar-refractivity contribution is 0.416. The van der Waals surface area contributed by atoms with E-state index in [1.807, 2.05) is 12.1 Å². The van der Waals surface area contributed by atoms with Crippen LogP contribution in [0.15, 0.2) is 46.9 Å². The summed E-state index contributed by atoms with van der Waals surface area (Å²) in [5.74, 6) is 0.897. The molecule has 82 valence electrons. The SMILES string of the molecule is COc1ccc(Br)cc1-c1cccc(C)c1. The van der Waals surface area contributed by atoms with Crippen molar-refractivity contribution in [3.05, 3.63) is 52.5 Å². The van der Waals surface area contributed by atoms with Gasteiger partial charge in [-0.15, -0.1) is 0 Å². The molecule has 0 aliphatic heterocycles. The van der Waals surface area contributed by atoms with Crippen LogP contribution in [0.25, 0.3) is 11.1 Å². The highest BCUT2D eigenvalue weighted by Crippen LogP contribution is 2.32. The van der Waals surface area contributed by atoms with Crippen molar-refractivity contribution in [2.75, 3.05) is 7.11 Å². The molecule has 0 heterocycles. The maximum absolute atomic E-state index is 5.37. The lowest BCUT2D eigenvalue weighted by Crippen LogP contribution is -1.88. The van der Waals surface area contributed by atoms with Crippen molar-refractivity contribution >= 4 is 15.9 Å². The zero-order valence-electron chi connectivity index (χ0n) is 9.33. The quantitative estimate of drug-likeness (QED) is 0.788. The van der Waals surface area contributed by atoms with Gasteiger partial charge in [-0.25, -0.2) is 0 Å². The summed E-state index contributed by atoms with van der Waals surface area (Å²) in [6.45, 7) is 2.09. The molecule has 0 aromatic heterocycles. The summed E-state index contributed by atoms with van der Waals surface area (Å²) in [5, 5.41) is 0. The zero-order chi connectivity index (χ0) is 11.5. The minimum Gasteiger partial charge on any atom is -0.496 e. The second-order valence-corrected chi connectivity index (χ2v) is 4.63. The maximum Gasteiger partial charge on any atom is 0.126 e. The summed E-state index contributed by atoms with van der Waals surface area (Å²) in [6, 6.07) is 14.4. The Labute approximate surface area is 104 Å². The van der Waals surface area contributed by atoms with E-state index in [1.54, 1.807) is 7.11 Å². The normalized spacial score (nSPS) is 10.2. The minimum atomic E-state index is 0.897. The molecule has 0 saturated heterocycles. The number of hydrogen-bond donors (Lipinski definition) is 0. The molecule has 2 aromatic rings. The highest BCUT2D eigenvalue weighted by atomic mass is 79.9. The van der Waals surface area contributed by atoms with Gasteiger partial charge in [0.15, 0.2) is 0 Å². The Balaban J connectivity index is 2.58. The van der Waals surface area contributed by atoms with Crippen LogP contribution in [0.5, 0.6) is 5.75 Å². The van der Waals surface area contributed by atoms with E-state index in [0.29, 0.717) is 0 Å². The molecule has 0 aliphatic carbocycles. The monoisotopic (exact) mass is 276 g/mol. The van der Waals surface area contributed by atoms with E-state index in [1.165, 1.54) is 11.1 Å². The molecule has 1 nitrogen and oxygen atoms in total. The Kier molecular flexibility index (Phi) is 3.30. The summed E-state index contributed by atoms with van der Waals surface area (Å²) in [6.07, 6.45) is 0. The molecule has 0 atom stereocenters. The van der Waals surface area contributed by atoms with E-state index in [0.717, 1.165) is 15.8 Å². The average molecular weight is 277 g/mol. The first-order chi connectivity index (χ1) is 7.70. The standard InChI is InChI=1S/C14H13BrO/c1-10-4-3-5-11(8-10)13-9-12(15)6-7-14(13)16-2/h3-9H,1-2H3. The first-order valence-electron chi connectivity index (χ1n) is 5.11. The number of hydrogen-bond acceptors (Lipinski definition) is 1. The Hall–Kier alpha value is -1.28. The van der Waals surface area contributed by atoms with E-state index >= 15 is 0 Å². The summed E-state index contributed by atoms with van der Waals surface area (Å²) >= 11 is 3.49. The summed E-state index contributed by atoms with van der Waals surface area (Å²) in [4.78, 5) is 0. The van der Waals surface area contributed by atoms with Gasteiger partial charge in [0.25, 0.3) is 0 Å². The van der Waals surface area contributed by atoms with Gasteiger partial charge in [0, 0.05) is 10.0 Å². The lowest BCUT2D eigenvalue weighted by Gasteiger charge is -2.09. The Morgan fingerprint density at radius 2 is 1.88 bits per heavy atom. The van der Waals surface area contributed by atoms with Crippen LogP contribution < -0.4 is 4.74 Å². The number of halogens is 1. The van der Waals surface area contributed by atoms with E-state index in [2.05, 4.69) is 53.2 Å². The highest BCUT2D eigenvalue weighted by Gasteiger charge is 2.06. The molecule has 16 heavy (non-hydrogen) atoms.